The topological polar surface area (TPSA) is 91.8 Å². The van der Waals surface area contributed by atoms with Gasteiger partial charge in [0.05, 0.1) is 5.51 Å². The second kappa shape index (κ2) is 10.0. The molecule has 0 bridgehead atoms. The van der Waals surface area contributed by atoms with Crippen molar-refractivity contribution in [3.05, 3.63) is 69.5 Å². The highest BCUT2D eigenvalue weighted by molar-refractivity contribution is 7.92. The summed E-state index contributed by atoms with van der Waals surface area (Å²) in [6.45, 7) is 4.98. The number of hydrogen-bond acceptors (Lipinski definition) is 8. The number of carbonyl (C=O) groups is 1. The van der Waals surface area contributed by atoms with Crippen LogP contribution in [-0.4, -0.2) is 37.9 Å². The summed E-state index contributed by atoms with van der Waals surface area (Å²) < 4.78 is 55.7. The van der Waals surface area contributed by atoms with E-state index in [-0.39, 0.29) is 22.4 Å². The number of likely N-dealkylation sites (tertiary alicyclic amines) is 1. The van der Waals surface area contributed by atoms with Gasteiger partial charge in [-0.1, -0.05) is 22.7 Å². The van der Waals surface area contributed by atoms with E-state index in [9.17, 15) is 22.0 Å². The third-order valence-electron chi connectivity index (χ3n) is 5.54. The summed E-state index contributed by atoms with van der Waals surface area (Å²) in [6.07, 6.45) is 1.17. The molecule has 0 atom stereocenters. The fraction of sp³-hybridized carbons (Fsp3) is 0.273. The number of sulfonamides is 1. The minimum atomic E-state index is -4.91. The molecular weight excluding hydrogens is 486 g/mol. The molecule has 4 rings (SSSR count). The van der Waals surface area contributed by atoms with E-state index in [1.54, 1.807) is 0 Å². The van der Waals surface area contributed by atoms with Crippen molar-refractivity contribution in [1.82, 2.24) is 9.88 Å². The van der Waals surface area contributed by atoms with E-state index >= 15 is 0 Å². The van der Waals surface area contributed by atoms with Crippen molar-refractivity contribution < 1.29 is 26.8 Å². The van der Waals surface area contributed by atoms with Gasteiger partial charge >= 0.3 is 16.5 Å². The first-order chi connectivity index (χ1) is 16.3. The molecule has 1 aromatic heterocycles. The average molecular weight is 509 g/mol. The molecule has 1 fully saturated rings. The monoisotopic (exact) mass is 508 g/mol. The fourth-order valence-corrected chi connectivity index (χ4v) is 5.54. The van der Waals surface area contributed by atoms with Crippen LogP contribution in [0.25, 0.3) is 0 Å². The van der Waals surface area contributed by atoms with Gasteiger partial charge in [-0.25, -0.2) is 13.8 Å². The van der Waals surface area contributed by atoms with E-state index in [1.165, 1.54) is 17.3 Å². The molecule has 1 saturated heterocycles. The van der Waals surface area contributed by atoms with Crippen molar-refractivity contribution in [2.45, 2.75) is 31.3 Å². The van der Waals surface area contributed by atoms with Crippen LogP contribution in [0.5, 0.6) is 0 Å². The molecule has 0 amide bonds. The lowest BCUT2D eigenvalue weighted by Gasteiger charge is -2.31. The maximum absolute atomic E-state index is 14.9. The Labute approximate surface area is 199 Å². The Bertz CT molecular complexity index is 1260. The molecule has 0 unspecified atom stereocenters. The second-order valence-corrected chi connectivity index (χ2v) is 10.2. The number of nitrogens with one attached hydrogen (secondary N) is 1. The molecule has 1 aliphatic heterocycles. The van der Waals surface area contributed by atoms with Crippen LogP contribution in [0.3, 0.4) is 0 Å². The van der Waals surface area contributed by atoms with Gasteiger partial charge in [-0.05, 0) is 55.3 Å². The predicted molar refractivity (Wildman–Crippen MR) is 124 cm³/mol. The Hall–Kier alpha value is -3.09. The number of aryl methyl sites for hydroxylation is 1. The zero-order chi connectivity index (χ0) is 24.3. The van der Waals surface area contributed by atoms with Crippen molar-refractivity contribution in [2.75, 3.05) is 22.9 Å². The highest BCUT2D eigenvalue weighted by Crippen LogP contribution is 2.30. The first-order valence-corrected chi connectivity index (χ1v) is 12.8. The molecule has 2 aromatic carbocycles. The number of carbonyl (C=O) groups excluding carboxylic acids is 1. The summed E-state index contributed by atoms with van der Waals surface area (Å²) >= 11 is 1.02. The standard InChI is InChI=1S/C22H22F2N4O4S2/c1-15-4-2-5-16(11-27-6-3-7-27)18(15)10-25-17-8-19(23)22(20(24)9-17)34(30,31)28(32-14-29)21-12-33-13-26-21/h2,4-5,8-9,12-14,25H,3,6-7,10-11H2,1H3. The van der Waals surface area contributed by atoms with Crippen molar-refractivity contribution in [3.8, 4) is 0 Å². The zero-order valence-corrected chi connectivity index (χ0v) is 19.8. The summed E-state index contributed by atoms with van der Waals surface area (Å²) in [4.78, 5) is 20.1. The van der Waals surface area contributed by atoms with Crippen LogP contribution in [0.15, 0.2) is 46.1 Å². The molecular formula is C22H22F2N4O4S2. The number of rotatable bonds is 10. The van der Waals surface area contributed by atoms with E-state index in [0.717, 1.165) is 59.8 Å². The molecule has 34 heavy (non-hydrogen) atoms. The summed E-state index contributed by atoms with van der Waals surface area (Å²) in [5.74, 6) is -2.96. The van der Waals surface area contributed by atoms with Crippen molar-refractivity contribution in [3.63, 3.8) is 0 Å². The van der Waals surface area contributed by atoms with Crippen LogP contribution < -0.4 is 9.79 Å². The molecule has 0 aliphatic carbocycles. The van der Waals surface area contributed by atoms with Gasteiger partial charge in [0.2, 0.25) is 0 Å². The number of thiazole rings is 1. The van der Waals surface area contributed by atoms with Gasteiger partial charge in [-0.2, -0.15) is 8.42 Å². The average Bonchev–Trinajstić information content (AvgIpc) is 3.27. The molecule has 3 aromatic rings. The zero-order valence-electron chi connectivity index (χ0n) is 18.2. The molecule has 8 nitrogen and oxygen atoms in total. The number of aromatic nitrogens is 1. The normalized spacial score (nSPS) is 13.9. The fourth-order valence-electron chi connectivity index (χ4n) is 3.70. The van der Waals surface area contributed by atoms with Crippen LogP contribution in [-0.2, 0) is 32.7 Å². The second-order valence-electron chi connectivity index (χ2n) is 7.75. The Morgan fingerprint density at radius 1 is 1.26 bits per heavy atom. The Balaban J connectivity index is 1.58. The van der Waals surface area contributed by atoms with Crippen molar-refractivity contribution >= 4 is 39.3 Å². The number of hydrogen-bond donors (Lipinski definition) is 1. The molecule has 2 heterocycles. The van der Waals surface area contributed by atoms with Crippen molar-refractivity contribution in [2.24, 2.45) is 0 Å². The van der Waals surface area contributed by atoms with Crippen LogP contribution in [0.2, 0.25) is 0 Å². The van der Waals surface area contributed by atoms with Crippen LogP contribution in [0, 0.1) is 18.6 Å². The van der Waals surface area contributed by atoms with Gasteiger partial charge in [0.25, 0.3) is 0 Å². The smallest absolute Gasteiger partial charge is 0.322 e. The lowest BCUT2D eigenvalue weighted by atomic mass is 10.00. The maximum Gasteiger partial charge on any atom is 0.322 e. The Morgan fingerprint density at radius 3 is 2.59 bits per heavy atom. The molecule has 0 saturated carbocycles. The highest BCUT2D eigenvalue weighted by Gasteiger charge is 2.34. The summed E-state index contributed by atoms with van der Waals surface area (Å²) in [7, 11) is -4.91. The molecule has 0 radical (unpaired) electrons. The van der Waals surface area contributed by atoms with Gasteiger partial charge < -0.3 is 10.2 Å². The third-order valence-corrected chi connectivity index (χ3v) is 7.73. The molecule has 12 heteroatoms. The highest BCUT2D eigenvalue weighted by atomic mass is 32.2. The maximum atomic E-state index is 14.9. The minimum absolute atomic E-state index is 0.0728. The van der Waals surface area contributed by atoms with Gasteiger partial charge in [0.15, 0.2) is 10.7 Å². The van der Waals surface area contributed by atoms with E-state index in [2.05, 4.69) is 20.0 Å². The van der Waals surface area contributed by atoms with Crippen LogP contribution in [0.4, 0.5) is 20.3 Å². The molecule has 1 aliphatic rings. The van der Waals surface area contributed by atoms with Gasteiger partial charge in [-0.15, -0.1) is 11.3 Å². The Morgan fingerprint density at radius 2 is 2.00 bits per heavy atom. The molecule has 1 N–H and O–H groups in total. The number of benzene rings is 2. The van der Waals surface area contributed by atoms with E-state index in [1.807, 2.05) is 25.1 Å². The number of halogens is 2. The largest absolute Gasteiger partial charge is 0.381 e. The van der Waals surface area contributed by atoms with Crippen LogP contribution in [0.1, 0.15) is 23.1 Å². The van der Waals surface area contributed by atoms with Crippen molar-refractivity contribution in [1.29, 1.82) is 0 Å². The molecule has 180 valence electrons. The third kappa shape index (κ3) is 4.88. The van der Waals surface area contributed by atoms with Crippen LogP contribution >= 0.6 is 11.3 Å². The lowest BCUT2D eigenvalue weighted by molar-refractivity contribution is -0.128. The predicted octanol–water partition coefficient (Wildman–Crippen LogP) is 3.83. The number of anilines is 2. The summed E-state index contributed by atoms with van der Waals surface area (Å²) in [6, 6.07) is 7.75. The Kier molecular flexibility index (Phi) is 7.10. The molecule has 0 spiro atoms. The van der Waals surface area contributed by atoms with E-state index in [0.29, 0.717) is 6.54 Å². The number of nitrogens with zero attached hydrogens (tertiary/aromatic N) is 3. The van der Waals surface area contributed by atoms with Gasteiger partial charge in [0, 0.05) is 24.2 Å². The van der Waals surface area contributed by atoms with E-state index < -0.39 is 26.6 Å². The van der Waals surface area contributed by atoms with Gasteiger partial charge in [0.1, 0.15) is 11.6 Å². The van der Waals surface area contributed by atoms with E-state index in [4.69, 9.17) is 0 Å². The first-order valence-electron chi connectivity index (χ1n) is 10.4. The quantitative estimate of drug-likeness (QED) is 0.329. The minimum Gasteiger partial charge on any atom is -0.381 e. The first kappa shape index (κ1) is 24.0. The SMILES string of the molecule is Cc1cccc(CN2CCC2)c1CNc1cc(F)c(S(=O)(=O)N(OC=O)c2cscn2)c(F)c1. The van der Waals surface area contributed by atoms with Gasteiger partial charge in [-0.3, -0.25) is 9.69 Å². The summed E-state index contributed by atoms with van der Waals surface area (Å²) in [5, 5.41) is 4.25. The lowest BCUT2D eigenvalue weighted by Crippen LogP contribution is -2.36. The summed E-state index contributed by atoms with van der Waals surface area (Å²) in [5.41, 5.74) is 4.53.